The molecule has 1 fully saturated rings. The number of rotatable bonds is 26. The monoisotopic (exact) mass is 869 g/mol. The molecular formula is C42H59N7O13. The molecule has 340 valence electrons. The number of nitrogens with one attached hydrogen (secondary N) is 5. The zero-order valence-electron chi connectivity index (χ0n) is 35.9. The van der Waals surface area contributed by atoms with Crippen molar-refractivity contribution in [2.45, 2.75) is 129 Å². The molecule has 0 radical (unpaired) electrons. The van der Waals surface area contributed by atoms with Crippen molar-refractivity contribution >= 4 is 65.0 Å². The van der Waals surface area contributed by atoms with Crippen LogP contribution < -0.4 is 26.6 Å². The van der Waals surface area contributed by atoms with Gasteiger partial charge in [-0.15, -0.1) is 6.58 Å². The number of hydrogen-bond acceptors (Lipinski definition) is 11. The molecule has 1 aliphatic heterocycles. The lowest BCUT2D eigenvalue weighted by atomic mass is 9.98. The van der Waals surface area contributed by atoms with Gasteiger partial charge in [-0.3, -0.25) is 52.8 Å². The minimum Gasteiger partial charge on any atom is -0.481 e. The van der Waals surface area contributed by atoms with Gasteiger partial charge in [0, 0.05) is 32.7 Å². The Kier molecular flexibility index (Phi) is 20.6. The number of amides is 8. The number of carbonyl (C=O) groups excluding carboxylic acids is 9. The van der Waals surface area contributed by atoms with Gasteiger partial charge in [0.05, 0.1) is 12.6 Å². The summed E-state index contributed by atoms with van der Waals surface area (Å²) in [5.74, 6) is -10.7. The van der Waals surface area contributed by atoms with Crippen LogP contribution in [0.3, 0.4) is 0 Å². The minimum atomic E-state index is -1.57. The maximum atomic E-state index is 14.3. The van der Waals surface area contributed by atoms with Crippen LogP contribution in [0.2, 0.25) is 0 Å². The molecule has 0 aliphatic carbocycles. The van der Waals surface area contributed by atoms with Crippen molar-refractivity contribution in [1.82, 2.24) is 36.4 Å². The van der Waals surface area contributed by atoms with Crippen molar-refractivity contribution in [3.8, 4) is 0 Å². The number of carboxylic acids is 2. The Morgan fingerprint density at radius 1 is 0.742 bits per heavy atom. The molecular weight excluding hydrogens is 810 g/mol. The number of hydrogen-bond donors (Lipinski definition) is 7. The van der Waals surface area contributed by atoms with Crippen molar-refractivity contribution in [1.29, 1.82) is 0 Å². The Balaban J connectivity index is 2.41. The summed E-state index contributed by atoms with van der Waals surface area (Å²) in [6, 6.07) is -0.516. The maximum Gasteiger partial charge on any atom is 0.327 e. The summed E-state index contributed by atoms with van der Waals surface area (Å²) >= 11 is 0. The first kappa shape index (κ1) is 51.7. The molecule has 62 heavy (non-hydrogen) atoms. The molecule has 0 spiro atoms. The summed E-state index contributed by atoms with van der Waals surface area (Å²) in [5.41, 5.74) is 0.614. The van der Waals surface area contributed by atoms with E-state index in [-0.39, 0.29) is 25.8 Å². The molecule has 0 aromatic heterocycles. The van der Waals surface area contributed by atoms with E-state index >= 15 is 0 Å². The molecule has 6 atom stereocenters. The first-order valence-corrected chi connectivity index (χ1v) is 20.4. The second kappa shape index (κ2) is 24.7. The Bertz CT molecular complexity index is 1850. The van der Waals surface area contributed by atoms with Gasteiger partial charge in [0.15, 0.2) is 0 Å². The molecule has 1 aliphatic rings. The van der Waals surface area contributed by atoms with Gasteiger partial charge in [-0.2, -0.15) is 0 Å². The molecule has 1 saturated heterocycles. The summed E-state index contributed by atoms with van der Waals surface area (Å²) in [6.45, 7) is 12.0. The van der Waals surface area contributed by atoms with Gasteiger partial charge in [-0.05, 0) is 36.7 Å². The Hall–Kier alpha value is -6.47. The Labute approximate surface area is 360 Å². The van der Waals surface area contributed by atoms with Crippen LogP contribution in [0.5, 0.6) is 0 Å². The molecule has 7 N–H and O–H groups in total. The largest absolute Gasteiger partial charge is 0.481 e. The summed E-state index contributed by atoms with van der Waals surface area (Å²) in [6.07, 6.45) is -0.332. The molecule has 0 bridgehead atoms. The lowest BCUT2D eigenvalue weighted by molar-refractivity contribution is -0.140. The molecule has 1 aromatic carbocycles. The third-order valence-electron chi connectivity index (χ3n) is 9.89. The highest BCUT2D eigenvalue weighted by atomic mass is 16.4. The van der Waals surface area contributed by atoms with E-state index in [1.807, 2.05) is 0 Å². The summed E-state index contributed by atoms with van der Waals surface area (Å²) in [7, 11) is 0. The molecule has 2 rings (SSSR count). The van der Waals surface area contributed by atoms with Crippen LogP contribution in [0, 0.1) is 11.8 Å². The second-order valence-corrected chi connectivity index (χ2v) is 15.6. The zero-order chi connectivity index (χ0) is 46.8. The highest BCUT2D eigenvalue weighted by Crippen LogP contribution is 2.23. The fourth-order valence-electron chi connectivity index (χ4n) is 6.56. The number of nitrogens with zero attached hydrogens (tertiary/aromatic N) is 2. The molecule has 8 amide bonds. The molecule has 1 heterocycles. The van der Waals surface area contributed by atoms with E-state index in [0.717, 1.165) is 16.7 Å². The van der Waals surface area contributed by atoms with E-state index in [9.17, 15) is 57.8 Å². The van der Waals surface area contributed by atoms with Crippen molar-refractivity contribution in [2.75, 3.05) is 6.54 Å². The quantitative estimate of drug-likeness (QED) is 0.0502. The standard InChI is InChI=1S/C42H59N7O13/c1-8-13-27(36(56)31(51)14-9-2)44-39(59)30-22-49(42(62)48(30)21-26-15-11-10-12-16-26)41(61)35(24(5)6)47-40(60)34(23(3)4)46-38(58)29(18-20-33(54)55)45-37(57)28(43-25(7)50)17-19-32(52)53/h9-12,15-16,23-24,27-30,34-35H,2,8,13-14,17-22H2,1,3-7H3,(H,43,50)(H,44,59)(H,45,57)(H,46,58)(H,47,60)(H,52,53)(H,54,55)/t27?,28-,29-,30?,34-,35?/m0/s1. The van der Waals surface area contributed by atoms with Crippen LogP contribution in [0.4, 0.5) is 4.79 Å². The third kappa shape index (κ3) is 15.5. The van der Waals surface area contributed by atoms with Gasteiger partial charge in [-0.25, -0.2) is 4.79 Å². The van der Waals surface area contributed by atoms with Gasteiger partial charge in [0.25, 0.3) is 5.91 Å². The van der Waals surface area contributed by atoms with Crippen molar-refractivity contribution in [3.63, 3.8) is 0 Å². The van der Waals surface area contributed by atoms with Crippen LogP contribution in [0.1, 0.15) is 92.1 Å². The minimum absolute atomic E-state index is 0.117. The van der Waals surface area contributed by atoms with Gasteiger partial charge in [-0.1, -0.05) is 77.4 Å². The molecule has 0 saturated carbocycles. The summed E-state index contributed by atoms with van der Waals surface area (Å²) < 4.78 is 0. The van der Waals surface area contributed by atoms with Crippen LogP contribution in [-0.4, -0.2) is 128 Å². The average molecular weight is 870 g/mol. The number of carboxylic acid groups (broad SMARTS) is 2. The number of aliphatic carboxylic acids is 2. The van der Waals surface area contributed by atoms with Crippen molar-refractivity contribution in [2.24, 2.45) is 11.8 Å². The Morgan fingerprint density at radius 2 is 1.27 bits per heavy atom. The van der Waals surface area contributed by atoms with E-state index in [4.69, 9.17) is 5.11 Å². The van der Waals surface area contributed by atoms with Gasteiger partial charge in [0.2, 0.25) is 41.1 Å². The highest BCUT2D eigenvalue weighted by molar-refractivity contribution is 6.39. The van der Waals surface area contributed by atoms with E-state index in [0.29, 0.717) is 12.0 Å². The zero-order valence-corrected chi connectivity index (χ0v) is 35.9. The average Bonchev–Trinajstić information content (AvgIpc) is 3.52. The van der Waals surface area contributed by atoms with Crippen LogP contribution in [0.25, 0.3) is 0 Å². The number of imide groups is 1. The summed E-state index contributed by atoms with van der Waals surface area (Å²) in [5, 5.41) is 30.8. The SMILES string of the molecule is C=CCC(=O)C(=O)C(CCC)NC(=O)C1CN(C(=O)C(NC(=O)[C@@H](NC(=O)[C@H](CCC(=O)O)NC(=O)[C@H](CCC(=O)O)NC(C)=O)C(C)C)C(C)C)C(=O)N1Cc1ccccc1. The third-order valence-corrected chi connectivity index (χ3v) is 9.89. The number of carbonyl (C=O) groups is 11. The summed E-state index contributed by atoms with van der Waals surface area (Å²) in [4.78, 5) is 145. The lowest BCUT2D eigenvalue weighted by Gasteiger charge is -2.30. The normalized spacial score (nSPS) is 16.0. The number of allylic oxidation sites excluding steroid dienone is 1. The number of benzene rings is 1. The van der Waals surface area contributed by atoms with Gasteiger partial charge >= 0.3 is 18.0 Å². The fraction of sp³-hybridized carbons (Fsp3) is 0.548. The molecule has 1 aromatic rings. The molecule has 3 unspecified atom stereocenters. The molecule has 20 heteroatoms. The van der Waals surface area contributed by atoms with Gasteiger partial charge in [0.1, 0.15) is 30.2 Å². The number of ketones is 2. The van der Waals surface area contributed by atoms with Crippen LogP contribution in [-0.2, 0) is 54.5 Å². The Morgan fingerprint density at radius 3 is 1.77 bits per heavy atom. The number of Topliss-reactive ketones (excluding diaryl/α,β-unsaturated/α-hetero) is 2. The van der Waals surface area contributed by atoms with Gasteiger partial charge < -0.3 is 41.7 Å². The predicted molar refractivity (Wildman–Crippen MR) is 221 cm³/mol. The van der Waals surface area contributed by atoms with Crippen molar-refractivity contribution in [3.05, 3.63) is 48.6 Å². The topological polar surface area (TPSA) is 295 Å². The highest BCUT2D eigenvalue weighted by Gasteiger charge is 2.47. The first-order chi connectivity index (χ1) is 29.1. The smallest absolute Gasteiger partial charge is 0.327 e. The number of urea groups is 1. The van der Waals surface area contributed by atoms with E-state index in [2.05, 4.69) is 33.2 Å². The maximum absolute atomic E-state index is 14.3. The second-order valence-electron chi connectivity index (χ2n) is 15.6. The molecule has 20 nitrogen and oxygen atoms in total. The predicted octanol–water partition coefficient (Wildman–Crippen LogP) is 0.819. The van der Waals surface area contributed by atoms with E-state index < -0.39 is 139 Å². The van der Waals surface area contributed by atoms with Crippen LogP contribution in [0.15, 0.2) is 43.0 Å². The van der Waals surface area contributed by atoms with E-state index in [1.165, 1.54) is 6.08 Å². The van der Waals surface area contributed by atoms with Crippen LogP contribution >= 0.6 is 0 Å². The first-order valence-electron chi connectivity index (χ1n) is 20.4. The van der Waals surface area contributed by atoms with E-state index in [1.54, 1.807) is 65.0 Å². The lowest BCUT2D eigenvalue weighted by Crippen LogP contribution is -2.60. The fourth-order valence-corrected chi connectivity index (χ4v) is 6.56. The van der Waals surface area contributed by atoms with Crippen molar-refractivity contribution < 1.29 is 63.0 Å².